The number of carbonyl (C=O) groups is 2. The minimum absolute atomic E-state index is 0.127. The van der Waals surface area contributed by atoms with Gasteiger partial charge in [0.25, 0.3) is 0 Å². The van der Waals surface area contributed by atoms with E-state index in [-0.39, 0.29) is 17.7 Å². The molecule has 27 heavy (non-hydrogen) atoms. The molecule has 1 aromatic rings. The molecule has 0 saturated carbocycles. The lowest BCUT2D eigenvalue weighted by Crippen LogP contribution is -2.37. The lowest BCUT2D eigenvalue weighted by atomic mass is 9.71. The zero-order valence-corrected chi connectivity index (χ0v) is 16.6. The van der Waals surface area contributed by atoms with Gasteiger partial charge < -0.3 is 4.74 Å². The summed E-state index contributed by atoms with van der Waals surface area (Å²) in [7, 11) is 0. The summed E-state index contributed by atoms with van der Waals surface area (Å²) in [5, 5.41) is 0. The highest BCUT2D eigenvalue weighted by molar-refractivity contribution is 6.08. The molecule has 4 heteroatoms. The van der Waals surface area contributed by atoms with Crippen molar-refractivity contribution in [3.63, 3.8) is 0 Å². The maximum Gasteiger partial charge on any atom is 0.315 e. The Balaban J connectivity index is 1.96. The van der Waals surface area contributed by atoms with Crippen LogP contribution in [0.2, 0.25) is 0 Å². The average molecular weight is 367 g/mol. The molecule has 3 rings (SSSR count). The first-order chi connectivity index (χ1) is 13.0. The van der Waals surface area contributed by atoms with Crippen molar-refractivity contribution in [3.05, 3.63) is 46.7 Å². The van der Waals surface area contributed by atoms with Crippen LogP contribution in [0.25, 0.3) is 0 Å². The van der Waals surface area contributed by atoms with Gasteiger partial charge in [-0.05, 0) is 38.7 Å². The molecule has 2 aliphatic rings. The summed E-state index contributed by atoms with van der Waals surface area (Å²) in [5.41, 5.74) is 4.50. The summed E-state index contributed by atoms with van der Waals surface area (Å²) in [4.78, 5) is 30.4. The molecule has 1 aliphatic heterocycles. The number of carbonyl (C=O) groups excluding carboxylic acids is 2. The molecule has 1 aliphatic carbocycles. The van der Waals surface area contributed by atoms with Crippen LogP contribution in [0.1, 0.15) is 69.4 Å². The van der Waals surface area contributed by atoms with Crippen molar-refractivity contribution >= 4 is 17.5 Å². The first-order valence-electron chi connectivity index (χ1n) is 10.1. The van der Waals surface area contributed by atoms with Crippen LogP contribution in [0.5, 0.6) is 0 Å². The summed E-state index contributed by atoms with van der Waals surface area (Å²) in [6, 6.07) is 8.13. The fourth-order valence-electron chi connectivity index (χ4n) is 4.06. The van der Waals surface area contributed by atoms with E-state index in [1.165, 1.54) is 0 Å². The molecule has 0 N–H and O–H groups in total. The number of Topliss-reactive ketones (excluding diaryl/α,β-unsaturated/α-hetero) is 1. The molecule has 0 aromatic heterocycles. The second kappa shape index (κ2) is 8.64. The van der Waals surface area contributed by atoms with E-state index in [0.29, 0.717) is 13.0 Å². The molecule has 2 atom stereocenters. The number of hydrogen-bond donors (Lipinski definition) is 0. The fraction of sp³-hybridized carbons (Fsp3) is 0.522. The van der Waals surface area contributed by atoms with Crippen LogP contribution in [0.15, 0.2) is 40.5 Å². The number of esters is 1. The van der Waals surface area contributed by atoms with Crippen LogP contribution < -0.4 is 0 Å². The van der Waals surface area contributed by atoms with Gasteiger partial charge in [-0.15, -0.1) is 0 Å². The summed E-state index contributed by atoms with van der Waals surface area (Å²) in [6.07, 6.45) is 5.17. The van der Waals surface area contributed by atoms with Gasteiger partial charge in [-0.1, -0.05) is 49.6 Å². The van der Waals surface area contributed by atoms with Gasteiger partial charge in [0.2, 0.25) is 0 Å². The van der Waals surface area contributed by atoms with Crippen molar-refractivity contribution in [1.82, 2.24) is 0 Å². The number of aliphatic imine (C=N–C) groups is 1. The molecule has 0 bridgehead atoms. The highest BCUT2D eigenvalue weighted by Gasteiger charge is 2.43. The number of allylic oxidation sites excluding steroid dienone is 2. The van der Waals surface area contributed by atoms with Gasteiger partial charge >= 0.3 is 5.97 Å². The van der Waals surface area contributed by atoms with E-state index >= 15 is 0 Å². The zero-order chi connectivity index (χ0) is 19.4. The Bertz CT molecular complexity index is 773. The van der Waals surface area contributed by atoms with Crippen molar-refractivity contribution in [2.75, 3.05) is 6.61 Å². The Hall–Kier alpha value is -2.23. The molecule has 1 aromatic carbocycles. The molecule has 0 saturated heterocycles. The van der Waals surface area contributed by atoms with E-state index in [2.05, 4.69) is 11.9 Å². The number of unbranched alkanes of at least 4 members (excludes halogenated alkanes) is 2. The van der Waals surface area contributed by atoms with Crippen molar-refractivity contribution in [3.8, 4) is 0 Å². The van der Waals surface area contributed by atoms with E-state index in [9.17, 15) is 9.59 Å². The van der Waals surface area contributed by atoms with Crippen molar-refractivity contribution in [1.29, 1.82) is 0 Å². The number of aryl methyl sites for hydroxylation is 1. The quantitative estimate of drug-likeness (QED) is 0.530. The van der Waals surface area contributed by atoms with E-state index in [4.69, 9.17) is 4.74 Å². The summed E-state index contributed by atoms with van der Waals surface area (Å²) < 4.78 is 5.59. The van der Waals surface area contributed by atoms with Gasteiger partial charge in [-0.3, -0.25) is 14.6 Å². The highest BCUT2D eigenvalue weighted by atomic mass is 16.5. The Labute approximate surface area is 161 Å². The molecule has 0 fully saturated rings. The number of nitrogens with zero attached hydrogens (tertiary/aromatic N) is 1. The molecular formula is C23H29NO3. The van der Waals surface area contributed by atoms with E-state index in [1.807, 2.05) is 38.1 Å². The van der Waals surface area contributed by atoms with Crippen LogP contribution in [0.4, 0.5) is 0 Å². The van der Waals surface area contributed by atoms with Crippen LogP contribution in [0.3, 0.4) is 0 Å². The van der Waals surface area contributed by atoms with Gasteiger partial charge in [-0.2, -0.15) is 0 Å². The van der Waals surface area contributed by atoms with Gasteiger partial charge in [0.1, 0.15) is 5.92 Å². The van der Waals surface area contributed by atoms with Gasteiger partial charge in [-0.25, -0.2) is 0 Å². The number of ketones is 1. The normalized spacial score (nSPS) is 22.3. The third kappa shape index (κ3) is 4.20. The van der Waals surface area contributed by atoms with Gasteiger partial charge in [0.05, 0.1) is 6.61 Å². The minimum Gasteiger partial charge on any atom is -0.465 e. The van der Waals surface area contributed by atoms with E-state index in [0.717, 1.165) is 60.2 Å². The second-order valence-electron chi connectivity index (χ2n) is 7.63. The summed E-state index contributed by atoms with van der Waals surface area (Å²) >= 11 is 0. The molecule has 144 valence electrons. The Morgan fingerprint density at radius 3 is 2.59 bits per heavy atom. The monoisotopic (exact) mass is 367 g/mol. The van der Waals surface area contributed by atoms with Gasteiger partial charge in [0, 0.05) is 29.3 Å². The number of hydrogen-bond acceptors (Lipinski definition) is 4. The molecular weight excluding hydrogens is 338 g/mol. The number of ether oxygens (including phenoxy) is 1. The first-order valence-corrected chi connectivity index (χ1v) is 10.1. The lowest BCUT2D eigenvalue weighted by molar-refractivity contribution is -0.146. The number of rotatable bonds is 6. The van der Waals surface area contributed by atoms with Crippen LogP contribution in [-0.4, -0.2) is 24.1 Å². The second-order valence-corrected chi connectivity index (χ2v) is 7.63. The maximum absolute atomic E-state index is 13.0. The van der Waals surface area contributed by atoms with Gasteiger partial charge in [0.15, 0.2) is 5.78 Å². The summed E-state index contributed by atoms with van der Waals surface area (Å²) in [5.74, 6) is -0.940. The van der Waals surface area contributed by atoms with E-state index in [1.54, 1.807) is 0 Å². The zero-order valence-electron chi connectivity index (χ0n) is 16.6. The van der Waals surface area contributed by atoms with Crippen molar-refractivity contribution in [2.45, 2.75) is 65.2 Å². The van der Waals surface area contributed by atoms with Crippen molar-refractivity contribution < 1.29 is 14.3 Å². The summed E-state index contributed by atoms with van der Waals surface area (Å²) in [6.45, 7) is 6.47. The SMILES string of the molecule is CCCCCOC(=O)C1C(C)=NC2=C(C(=O)CCC2)[C@@H]1c1ccc(C)cc1. The topological polar surface area (TPSA) is 55.7 Å². The van der Waals surface area contributed by atoms with Crippen LogP contribution >= 0.6 is 0 Å². The molecule has 0 spiro atoms. The van der Waals surface area contributed by atoms with Crippen LogP contribution in [0, 0.1) is 12.8 Å². The minimum atomic E-state index is -0.518. The Kier molecular flexibility index (Phi) is 6.25. The third-order valence-electron chi connectivity index (χ3n) is 5.52. The molecule has 1 heterocycles. The first kappa shape index (κ1) is 19.5. The van der Waals surface area contributed by atoms with Crippen LogP contribution in [-0.2, 0) is 14.3 Å². The predicted octanol–water partition coefficient (Wildman–Crippen LogP) is 4.91. The largest absolute Gasteiger partial charge is 0.465 e. The Morgan fingerprint density at radius 2 is 1.89 bits per heavy atom. The standard InChI is InChI=1S/C23H29NO3/c1-4-5-6-14-27-23(26)20-16(3)24-18-8-7-9-19(25)22(18)21(20)17-12-10-15(2)11-13-17/h10-13,20-21H,4-9,14H2,1-3H3/t20?,21-/m1/s1. The van der Waals surface area contributed by atoms with Crippen molar-refractivity contribution in [2.24, 2.45) is 10.9 Å². The smallest absolute Gasteiger partial charge is 0.315 e. The Morgan fingerprint density at radius 1 is 1.15 bits per heavy atom. The fourth-order valence-corrected chi connectivity index (χ4v) is 4.06. The predicted molar refractivity (Wildman–Crippen MR) is 107 cm³/mol. The van der Waals surface area contributed by atoms with E-state index < -0.39 is 5.92 Å². The molecule has 0 radical (unpaired) electrons. The highest BCUT2D eigenvalue weighted by Crippen LogP contribution is 2.43. The molecule has 1 unspecified atom stereocenters. The average Bonchev–Trinajstić information content (AvgIpc) is 2.65. The number of benzene rings is 1. The third-order valence-corrected chi connectivity index (χ3v) is 5.52. The lowest BCUT2D eigenvalue weighted by Gasteiger charge is -2.34. The maximum atomic E-state index is 13.0. The molecule has 4 nitrogen and oxygen atoms in total. The molecule has 0 amide bonds.